The van der Waals surface area contributed by atoms with Crippen LogP contribution < -0.4 is 22.1 Å². The lowest BCUT2D eigenvalue weighted by Gasteiger charge is -2.12. The quantitative estimate of drug-likeness (QED) is 0.779. The van der Waals surface area contributed by atoms with Gasteiger partial charge in [-0.3, -0.25) is 29.6 Å². The molecule has 1 amide bonds. The highest BCUT2D eigenvalue weighted by Crippen LogP contribution is 2.03. The van der Waals surface area contributed by atoms with Crippen molar-refractivity contribution in [2.75, 3.05) is 5.43 Å². The van der Waals surface area contributed by atoms with E-state index >= 15 is 0 Å². The van der Waals surface area contributed by atoms with E-state index in [0.29, 0.717) is 0 Å². The predicted molar refractivity (Wildman–Crippen MR) is 74.4 cm³/mol. The Kier molecular flexibility index (Phi) is 3.88. The topological polar surface area (TPSA) is 85.1 Å². The van der Waals surface area contributed by atoms with Crippen LogP contribution in [0.15, 0.2) is 39.9 Å². The van der Waals surface area contributed by atoms with Crippen molar-refractivity contribution in [3.63, 3.8) is 0 Å². The zero-order valence-corrected chi connectivity index (χ0v) is 11.4. The van der Waals surface area contributed by atoms with Crippen LogP contribution in [0.2, 0.25) is 0 Å². The van der Waals surface area contributed by atoms with Gasteiger partial charge in [0.2, 0.25) is 0 Å². The lowest BCUT2D eigenvalue weighted by atomic mass is 10.2. The number of carbonyl (C=O) groups is 1. The van der Waals surface area contributed by atoms with Crippen LogP contribution in [0, 0.1) is 5.82 Å². The van der Waals surface area contributed by atoms with Gasteiger partial charge in [0.05, 0.1) is 0 Å². The number of carbonyl (C=O) groups excluding carboxylic acids is 1. The molecule has 2 aromatic rings. The summed E-state index contributed by atoms with van der Waals surface area (Å²) in [7, 11) is 2.81. The Bertz CT molecular complexity index is 793. The van der Waals surface area contributed by atoms with Crippen molar-refractivity contribution < 1.29 is 9.18 Å². The molecule has 1 heterocycles. The van der Waals surface area contributed by atoms with Crippen LogP contribution in [0.3, 0.4) is 0 Å². The first kappa shape index (κ1) is 14.5. The van der Waals surface area contributed by atoms with Crippen molar-refractivity contribution >= 4 is 11.7 Å². The summed E-state index contributed by atoms with van der Waals surface area (Å²) in [4.78, 5) is 35.0. The molecule has 0 radical (unpaired) electrons. The Balaban J connectivity index is 2.17. The molecule has 1 aromatic carbocycles. The Labute approximate surface area is 118 Å². The van der Waals surface area contributed by atoms with E-state index < -0.39 is 23.0 Å². The van der Waals surface area contributed by atoms with Gasteiger partial charge in [-0.25, -0.2) is 9.18 Å². The average molecular weight is 292 g/mol. The van der Waals surface area contributed by atoms with Crippen molar-refractivity contribution in [3.05, 3.63) is 62.6 Å². The Morgan fingerprint density at radius 1 is 1.10 bits per heavy atom. The lowest BCUT2D eigenvalue weighted by Crippen LogP contribution is -2.40. The molecule has 21 heavy (non-hydrogen) atoms. The number of halogens is 1. The number of benzene rings is 1. The summed E-state index contributed by atoms with van der Waals surface area (Å²) in [6.45, 7) is 0. The monoisotopic (exact) mass is 292 g/mol. The highest BCUT2D eigenvalue weighted by Gasteiger charge is 2.08. The summed E-state index contributed by atoms with van der Waals surface area (Å²) in [6, 6.07) is 6.11. The minimum atomic E-state index is -0.527. The van der Waals surface area contributed by atoms with Crippen LogP contribution in [0.25, 0.3) is 0 Å². The van der Waals surface area contributed by atoms with Crippen LogP contribution >= 0.6 is 0 Å². The summed E-state index contributed by atoms with van der Waals surface area (Å²) in [5.74, 6) is -0.838. The van der Waals surface area contributed by atoms with E-state index in [-0.39, 0.29) is 11.4 Å². The molecule has 0 unspecified atom stereocenters. The Hall–Kier alpha value is -2.90. The molecular weight excluding hydrogens is 279 g/mol. The normalized spacial score (nSPS) is 10.2. The van der Waals surface area contributed by atoms with Gasteiger partial charge in [-0.2, -0.15) is 0 Å². The van der Waals surface area contributed by atoms with E-state index in [0.717, 1.165) is 16.7 Å². The molecule has 0 fully saturated rings. The molecule has 0 aliphatic carbocycles. The summed E-state index contributed by atoms with van der Waals surface area (Å²) >= 11 is 0. The zero-order chi connectivity index (χ0) is 15.6. The number of amides is 1. The predicted octanol–water partition coefficient (Wildman–Crippen LogP) is -0.0200. The number of hydrogen-bond donors (Lipinski definition) is 2. The standard InChI is InChI=1S/C13H13FN4O3/c1-17-10(7-11(19)18(2)13(17)21)15-16-12(20)8-3-5-9(14)6-4-8/h3-7,15H,1-2H3,(H,16,20). The summed E-state index contributed by atoms with van der Waals surface area (Å²) in [5, 5.41) is 0. The van der Waals surface area contributed by atoms with Gasteiger partial charge in [0, 0.05) is 25.7 Å². The van der Waals surface area contributed by atoms with Gasteiger partial charge in [0.25, 0.3) is 11.5 Å². The molecule has 2 N–H and O–H groups in total. The maximum Gasteiger partial charge on any atom is 0.332 e. The SMILES string of the molecule is Cn1c(NNC(=O)c2ccc(F)cc2)cc(=O)n(C)c1=O. The minimum Gasteiger partial charge on any atom is -0.283 e. The molecule has 0 saturated heterocycles. The van der Waals surface area contributed by atoms with Gasteiger partial charge in [0.15, 0.2) is 0 Å². The van der Waals surface area contributed by atoms with E-state index in [4.69, 9.17) is 0 Å². The molecule has 0 aliphatic heterocycles. The third-order valence-corrected chi connectivity index (χ3v) is 2.94. The number of aromatic nitrogens is 2. The minimum absolute atomic E-state index is 0.138. The van der Waals surface area contributed by atoms with Crippen LogP contribution in [0.4, 0.5) is 10.2 Å². The smallest absolute Gasteiger partial charge is 0.283 e. The fourth-order valence-corrected chi connectivity index (χ4v) is 1.65. The Morgan fingerprint density at radius 3 is 2.33 bits per heavy atom. The number of anilines is 1. The van der Waals surface area contributed by atoms with E-state index in [9.17, 15) is 18.8 Å². The average Bonchev–Trinajstić information content (AvgIpc) is 2.48. The number of nitrogens with zero attached hydrogens (tertiary/aromatic N) is 2. The molecule has 110 valence electrons. The van der Waals surface area contributed by atoms with Gasteiger partial charge in [-0.05, 0) is 24.3 Å². The van der Waals surface area contributed by atoms with Crippen molar-refractivity contribution in [2.45, 2.75) is 0 Å². The first-order chi connectivity index (χ1) is 9.90. The van der Waals surface area contributed by atoms with Crippen molar-refractivity contribution in [3.8, 4) is 0 Å². The fourth-order valence-electron chi connectivity index (χ4n) is 1.65. The molecule has 0 atom stereocenters. The molecule has 0 bridgehead atoms. The second-order valence-corrected chi connectivity index (χ2v) is 4.35. The third kappa shape index (κ3) is 2.99. The molecule has 1 aromatic heterocycles. The van der Waals surface area contributed by atoms with E-state index in [1.165, 1.54) is 36.9 Å². The van der Waals surface area contributed by atoms with Gasteiger partial charge in [-0.15, -0.1) is 0 Å². The van der Waals surface area contributed by atoms with Crippen molar-refractivity contribution in [2.24, 2.45) is 14.1 Å². The second kappa shape index (κ2) is 5.61. The summed E-state index contributed by atoms with van der Waals surface area (Å²) in [5.41, 5.74) is 4.03. The molecule has 0 aliphatic rings. The maximum atomic E-state index is 12.8. The number of hydrogen-bond acceptors (Lipinski definition) is 4. The van der Waals surface area contributed by atoms with Gasteiger partial charge >= 0.3 is 5.69 Å². The zero-order valence-electron chi connectivity index (χ0n) is 11.4. The van der Waals surface area contributed by atoms with Crippen molar-refractivity contribution in [1.29, 1.82) is 0 Å². The second-order valence-electron chi connectivity index (χ2n) is 4.35. The first-order valence-electron chi connectivity index (χ1n) is 5.99. The van der Waals surface area contributed by atoms with Crippen LogP contribution in [0.1, 0.15) is 10.4 Å². The van der Waals surface area contributed by atoms with Crippen LogP contribution in [-0.4, -0.2) is 15.0 Å². The summed E-state index contributed by atoms with van der Waals surface area (Å²) in [6.07, 6.45) is 0. The molecule has 7 nitrogen and oxygen atoms in total. The van der Waals surface area contributed by atoms with E-state index in [1.807, 2.05) is 0 Å². The maximum absolute atomic E-state index is 12.8. The van der Waals surface area contributed by atoms with Crippen molar-refractivity contribution in [1.82, 2.24) is 14.6 Å². The molecule has 2 rings (SSSR count). The number of hydrazine groups is 1. The molecule has 8 heteroatoms. The number of nitrogens with one attached hydrogen (secondary N) is 2. The highest BCUT2D eigenvalue weighted by atomic mass is 19.1. The molecule has 0 spiro atoms. The van der Waals surface area contributed by atoms with Gasteiger partial charge < -0.3 is 0 Å². The lowest BCUT2D eigenvalue weighted by molar-refractivity contribution is 0.0962. The van der Waals surface area contributed by atoms with E-state index in [2.05, 4.69) is 10.9 Å². The first-order valence-corrected chi connectivity index (χ1v) is 5.99. The van der Waals surface area contributed by atoms with E-state index in [1.54, 1.807) is 0 Å². The largest absolute Gasteiger partial charge is 0.332 e. The van der Waals surface area contributed by atoms with Crippen LogP contribution in [-0.2, 0) is 14.1 Å². The molecular formula is C13H13FN4O3. The van der Waals surface area contributed by atoms with Crippen LogP contribution in [0.5, 0.6) is 0 Å². The molecule has 0 saturated carbocycles. The highest BCUT2D eigenvalue weighted by molar-refractivity contribution is 5.94. The van der Waals surface area contributed by atoms with Gasteiger partial charge in [-0.1, -0.05) is 0 Å². The fraction of sp³-hybridized carbons (Fsp3) is 0.154. The third-order valence-electron chi connectivity index (χ3n) is 2.94. The Morgan fingerprint density at radius 2 is 1.71 bits per heavy atom. The number of rotatable bonds is 3. The van der Waals surface area contributed by atoms with Gasteiger partial charge in [0.1, 0.15) is 11.6 Å². The summed E-state index contributed by atoms with van der Waals surface area (Å²) < 4.78 is 14.9.